The highest BCUT2D eigenvalue weighted by atomic mass is 19.1. The van der Waals surface area contributed by atoms with E-state index in [1.165, 1.54) is 12.1 Å². The van der Waals surface area contributed by atoms with Crippen LogP contribution in [-0.2, 0) is 11.2 Å². The van der Waals surface area contributed by atoms with Gasteiger partial charge in [0.15, 0.2) is 0 Å². The van der Waals surface area contributed by atoms with Crippen molar-refractivity contribution in [1.29, 1.82) is 0 Å². The molecule has 1 aromatic heterocycles. The average Bonchev–Trinajstić information content (AvgIpc) is 3.09. The van der Waals surface area contributed by atoms with Crippen molar-refractivity contribution in [3.8, 4) is 11.4 Å². The Hall–Kier alpha value is -3.02. The summed E-state index contributed by atoms with van der Waals surface area (Å²) in [5.41, 5.74) is 2.82. The Morgan fingerprint density at radius 3 is 2.65 bits per heavy atom. The van der Waals surface area contributed by atoms with E-state index < -0.39 is 0 Å². The molecule has 6 heteroatoms. The van der Waals surface area contributed by atoms with Gasteiger partial charge in [0.1, 0.15) is 5.82 Å². The van der Waals surface area contributed by atoms with Gasteiger partial charge in [-0.2, -0.15) is 4.98 Å². The Morgan fingerprint density at radius 2 is 1.92 bits per heavy atom. The molecule has 0 unspecified atom stereocenters. The van der Waals surface area contributed by atoms with Crippen LogP contribution >= 0.6 is 0 Å². The number of carbonyl (C=O) groups is 1. The highest BCUT2D eigenvalue weighted by Gasteiger charge is 2.14. The zero-order valence-corrected chi connectivity index (χ0v) is 14.7. The summed E-state index contributed by atoms with van der Waals surface area (Å²) in [5, 5.41) is 6.87. The van der Waals surface area contributed by atoms with Gasteiger partial charge in [-0.25, -0.2) is 4.39 Å². The first-order chi connectivity index (χ1) is 12.5. The Balaban J connectivity index is 1.55. The van der Waals surface area contributed by atoms with Gasteiger partial charge in [0.05, 0.1) is 6.04 Å². The molecule has 1 atom stereocenters. The predicted molar refractivity (Wildman–Crippen MR) is 95.7 cm³/mol. The van der Waals surface area contributed by atoms with E-state index in [1.54, 1.807) is 12.1 Å². The Kier molecular flexibility index (Phi) is 5.41. The fourth-order valence-electron chi connectivity index (χ4n) is 2.66. The van der Waals surface area contributed by atoms with Crippen LogP contribution in [0.15, 0.2) is 53.1 Å². The number of benzene rings is 2. The van der Waals surface area contributed by atoms with Crippen LogP contribution in [-0.4, -0.2) is 16.0 Å². The number of amides is 1. The van der Waals surface area contributed by atoms with Crippen molar-refractivity contribution in [3.05, 3.63) is 71.4 Å². The molecule has 26 heavy (non-hydrogen) atoms. The van der Waals surface area contributed by atoms with Crippen LogP contribution in [0, 0.1) is 12.7 Å². The van der Waals surface area contributed by atoms with E-state index >= 15 is 0 Å². The van der Waals surface area contributed by atoms with E-state index in [9.17, 15) is 9.18 Å². The fourth-order valence-corrected chi connectivity index (χ4v) is 2.66. The normalized spacial score (nSPS) is 12.0. The van der Waals surface area contributed by atoms with Gasteiger partial charge in [0.25, 0.3) is 0 Å². The maximum atomic E-state index is 13.0. The third-order valence-electron chi connectivity index (χ3n) is 4.17. The Labute approximate surface area is 151 Å². The van der Waals surface area contributed by atoms with Gasteiger partial charge in [-0.1, -0.05) is 41.6 Å². The predicted octanol–water partition coefficient (Wildman–Crippen LogP) is 3.99. The van der Waals surface area contributed by atoms with E-state index in [0.717, 1.165) is 16.7 Å². The maximum Gasteiger partial charge on any atom is 0.227 e. The topological polar surface area (TPSA) is 68.0 Å². The molecule has 0 radical (unpaired) electrons. The van der Waals surface area contributed by atoms with E-state index in [4.69, 9.17) is 4.52 Å². The van der Waals surface area contributed by atoms with Crippen LogP contribution in [0.3, 0.4) is 0 Å². The summed E-state index contributed by atoms with van der Waals surface area (Å²) in [6.45, 7) is 3.84. The minimum absolute atomic E-state index is 0.127. The molecule has 1 amide bonds. The zero-order chi connectivity index (χ0) is 18.5. The third kappa shape index (κ3) is 4.33. The Bertz CT molecular complexity index is 890. The molecule has 0 fully saturated rings. The number of hydrogen-bond donors (Lipinski definition) is 1. The molecule has 0 bridgehead atoms. The number of aromatic nitrogens is 2. The molecule has 1 heterocycles. The van der Waals surface area contributed by atoms with Crippen molar-refractivity contribution in [2.75, 3.05) is 0 Å². The first kappa shape index (κ1) is 17.8. The summed E-state index contributed by atoms with van der Waals surface area (Å²) >= 11 is 0. The standard InChI is InChI=1S/C20H20FN3O2/c1-13-5-3-4-6-17(13)20-23-19(26-24-20)12-11-18(25)22-14(2)15-7-9-16(21)10-8-15/h3-10,14H,11-12H2,1-2H3,(H,22,25)/t14-/m0/s1. The SMILES string of the molecule is Cc1ccccc1-c1noc(CCC(=O)N[C@@H](C)c2ccc(F)cc2)n1. The molecule has 0 saturated carbocycles. The fraction of sp³-hybridized carbons (Fsp3) is 0.250. The van der Waals surface area contributed by atoms with E-state index in [-0.39, 0.29) is 24.2 Å². The van der Waals surface area contributed by atoms with Gasteiger partial charge < -0.3 is 9.84 Å². The molecular weight excluding hydrogens is 333 g/mol. The Morgan fingerprint density at radius 1 is 1.19 bits per heavy atom. The molecule has 3 rings (SSSR count). The van der Waals surface area contributed by atoms with Crippen molar-refractivity contribution in [1.82, 2.24) is 15.5 Å². The summed E-state index contributed by atoms with van der Waals surface area (Å²) in [6.07, 6.45) is 0.599. The quantitative estimate of drug-likeness (QED) is 0.727. The summed E-state index contributed by atoms with van der Waals surface area (Å²) < 4.78 is 18.2. The molecule has 1 N–H and O–H groups in total. The monoisotopic (exact) mass is 353 g/mol. The molecule has 2 aromatic carbocycles. The number of rotatable bonds is 6. The van der Waals surface area contributed by atoms with Crippen LogP contribution in [0.1, 0.15) is 36.4 Å². The molecule has 0 spiro atoms. The van der Waals surface area contributed by atoms with Crippen LogP contribution in [0.5, 0.6) is 0 Å². The summed E-state index contributed by atoms with van der Waals surface area (Å²) in [5.74, 6) is 0.525. The first-order valence-electron chi connectivity index (χ1n) is 8.46. The number of nitrogens with one attached hydrogen (secondary N) is 1. The summed E-state index contributed by atoms with van der Waals surface area (Å²) in [6, 6.07) is 13.7. The van der Waals surface area contributed by atoms with E-state index in [1.807, 2.05) is 38.1 Å². The summed E-state index contributed by atoms with van der Waals surface area (Å²) in [4.78, 5) is 16.5. The first-order valence-corrected chi connectivity index (χ1v) is 8.46. The number of halogens is 1. The van der Waals surface area contributed by atoms with Crippen LogP contribution in [0.25, 0.3) is 11.4 Å². The van der Waals surface area contributed by atoms with Gasteiger partial charge in [0, 0.05) is 18.4 Å². The minimum Gasteiger partial charge on any atom is -0.350 e. The smallest absolute Gasteiger partial charge is 0.227 e. The van der Waals surface area contributed by atoms with Gasteiger partial charge in [0.2, 0.25) is 17.6 Å². The highest BCUT2D eigenvalue weighted by Crippen LogP contribution is 2.20. The van der Waals surface area contributed by atoms with E-state index in [2.05, 4.69) is 15.5 Å². The second-order valence-corrected chi connectivity index (χ2v) is 6.17. The molecule has 0 aliphatic heterocycles. The molecule has 0 aliphatic rings. The third-order valence-corrected chi connectivity index (χ3v) is 4.17. The van der Waals surface area contributed by atoms with Crippen molar-refractivity contribution in [2.24, 2.45) is 0 Å². The van der Waals surface area contributed by atoms with Crippen molar-refractivity contribution in [2.45, 2.75) is 32.7 Å². The van der Waals surface area contributed by atoms with Crippen molar-refractivity contribution >= 4 is 5.91 Å². The van der Waals surface area contributed by atoms with Gasteiger partial charge >= 0.3 is 0 Å². The lowest BCUT2D eigenvalue weighted by atomic mass is 10.1. The molecule has 134 valence electrons. The zero-order valence-electron chi connectivity index (χ0n) is 14.7. The maximum absolute atomic E-state index is 13.0. The largest absolute Gasteiger partial charge is 0.350 e. The lowest BCUT2D eigenvalue weighted by Gasteiger charge is -2.13. The lowest BCUT2D eigenvalue weighted by Crippen LogP contribution is -2.26. The number of aryl methyl sites for hydroxylation is 2. The number of nitrogens with zero attached hydrogens (tertiary/aromatic N) is 2. The summed E-state index contributed by atoms with van der Waals surface area (Å²) in [7, 11) is 0. The highest BCUT2D eigenvalue weighted by molar-refractivity contribution is 5.76. The number of carbonyl (C=O) groups excluding carboxylic acids is 1. The average molecular weight is 353 g/mol. The number of hydrogen-bond acceptors (Lipinski definition) is 4. The minimum atomic E-state index is -0.298. The van der Waals surface area contributed by atoms with Crippen molar-refractivity contribution in [3.63, 3.8) is 0 Å². The second kappa shape index (κ2) is 7.91. The molecule has 0 aliphatic carbocycles. The molecular formula is C20H20FN3O2. The van der Waals surface area contributed by atoms with Gasteiger partial charge in [-0.05, 0) is 37.1 Å². The molecule has 3 aromatic rings. The van der Waals surface area contributed by atoms with E-state index in [0.29, 0.717) is 18.1 Å². The van der Waals surface area contributed by atoms with Crippen molar-refractivity contribution < 1.29 is 13.7 Å². The second-order valence-electron chi connectivity index (χ2n) is 6.17. The van der Waals surface area contributed by atoms with Crippen LogP contribution in [0.4, 0.5) is 4.39 Å². The van der Waals surface area contributed by atoms with Crippen LogP contribution in [0.2, 0.25) is 0 Å². The molecule has 0 saturated heterocycles. The van der Waals surface area contributed by atoms with Gasteiger partial charge in [-0.3, -0.25) is 4.79 Å². The lowest BCUT2D eigenvalue weighted by molar-refractivity contribution is -0.121. The van der Waals surface area contributed by atoms with Crippen LogP contribution < -0.4 is 5.32 Å². The molecule has 5 nitrogen and oxygen atoms in total. The van der Waals surface area contributed by atoms with Gasteiger partial charge in [-0.15, -0.1) is 0 Å².